The van der Waals surface area contributed by atoms with E-state index in [-0.39, 0.29) is 7.92 Å². The highest BCUT2D eigenvalue weighted by molar-refractivity contribution is 7.56. The Kier molecular flexibility index (Phi) is 3.74. The molecule has 0 amide bonds. The van der Waals surface area contributed by atoms with Gasteiger partial charge in [0, 0.05) is 6.04 Å². The first-order valence-corrected chi connectivity index (χ1v) is 6.89. The minimum Gasteiger partial charge on any atom is -0.238 e. The highest BCUT2D eigenvalue weighted by Crippen LogP contribution is 2.29. The Labute approximate surface area is 55.7 Å². The van der Waals surface area contributed by atoms with E-state index in [1.165, 1.54) is 0 Å². The van der Waals surface area contributed by atoms with E-state index in [0.29, 0.717) is 6.16 Å². The number of hydrogen-bond acceptors (Lipinski definition) is 0. The molecule has 56 valence electrons. The molecule has 0 spiro atoms. The molecule has 0 atom stereocenters. The summed E-state index contributed by atoms with van der Waals surface area (Å²) in [6.45, 7) is 3.74. The quantitative estimate of drug-likeness (QED) is 0.350. The van der Waals surface area contributed by atoms with Gasteiger partial charge in [-0.05, 0) is 19.5 Å². The van der Waals surface area contributed by atoms with Crippen molar-refractivity contribution in [1.29, 1.82) is 0 Å². The predicted octanol–water partition coefficient (Wildman–Crippen LogP) is 2.58. The molecule has 0 nitrogen and oxygen atoms in total. The fourth-order valence-electron chi connectivity index (χ4n) is 0.350. The SMILES string of the molecule is CP(C)CC[Si](F)(F)F. The zero-order chi connectivity index (χ0) is 7.49. The summed E-state index contributed by atoms with van der Waals surface area (Å²) in [5.74, 6) is 0. The minimum absolute atomic E-state index is 0.350. The Balaban J connectivity index is 3.28. The van der Waals surface area contributed by atoms with E-state index in [2.05, 4.69) is 0 Å². The zero-order valence-corrected chi connectivity index (χ0v) is 7.39. The molecule has 0 radical (unpaired) electrons. The number of rotatable bonds is 3. The van der Waals surface area contributed by atoms with Crippen molar-refractivity contribution in [2.75, 3.05) is 19.5 Å². The van der Waals surface area contributed by atoms with Crippen LogP contribution >= 0.6 is 7.92 Å². The van der Waals surface area contributed by atoms with Crippen LogP contribution in [-0.4, -0.2) is 28.6 Å². The van der Waals surface area contributed by atoms with Crippen LogP contribution in [0.1, 0.15) is 0 Å². The Bertz CT molecular complexity index is 80.4. The lowest BCUT2D eigenvalue weighted by atomic mass is 11.0. The smallest absolute Gasteiger partial charge is 0.238 e. The third-order valence-electron chi connectivity index (χ3n) is 0.842. The molecule has 0 aliphatic heterocycles. The summed E-state index contributed by atoms with van der Waals surface area (Å²) in [7, 11) is -5.55. The average molecular weight is 174 g/mol. The topological polar surface area (TPSA) is 0 Å². The van der Waals surface area contributed by atoms with Crippen LogP contribution in [0.15, 0.2) is 0 Å². The zero-order valence-electron chi connectivity index (χ0n) is 5.50. The van der Waals surface area contributed by atoms with E-state index in [1.54, 1.807) is 0 Å². The molecule has 0 fully saturated rings. The van der Waals surface area contributed by atoms with Crippen molar-refractivity contribution in [2.24, 2.45) is 0 Å². The van der Waals surface area contributed by atoms with Crippen molar-refractivity contribution in [3.05, 3.63) is 0 Å². The first kappa shape index (κ1) is 9.44. The molecule has 0 rings (SSSR count). The van der Waals surface area contributed by atoms with Gasteiger partial charge in [-0.15, -0.1) is 7.92 Å². The monoisotopic (exact) mass is 174 g/mol. The Morgan fingerprint density at radius 3 is 1.78 bits per heavy atom. The largest absolute Gasteiger partial charge is 0.616 e. The predicted molar refractivity (Wildman–Crippen MR) is 37.5 cm³/mol. The Hall–Kier alpha value is 0.437. The van der Waals surface area contributed by atoms with E-state index in [1.807, 2.05) is 13.3 Å². The second-order valence-corrected chi connectivity index (χ2v) is 6.51. The van der Waals surface area contributed by atoms with Crippen LogP contribution in [0.3, 0.4) is 0 Å². The standard InChI is InChI=1S/C4H10F3PSi/c1-8(2)3-4-9(5,6)7/h3-4H2,1-2H3. The highest BCUT2D eigenvalue weighted by Gasteiger charge is 2.35. The second-order valence-electron chi connectivity index (χ2n) is 2.17. The molecule has 0 N–H and O–H groups in total. The minimum atomic E-state index is -5.20. The fourth-order valence-corrected chi connectivity index (χ4v) is 3.15. The lowest BCUT2D eigenvalue weighted by molar-refractivity contribution is 0.473. The van der Waals surface area contributed by atoms with Gasteiger partial charge in [-0.3, -0.25) is 0 Å². The molecule has 0 aliphatic rings. The molecular weight excluding hydrogens is 164 g/mol. The van der Waals surface area contributed by atoms with Crippen molar-refractivity contribution in [3.63, 3.8) is 0 Å². The van der Waals surface area contributed by atoms with Gasteiger partial charge in [0.05, 0.1) is 0 Å². The van der Waals surface area contributed by atoms with E-state index in [4.69, 9.17) is 0 Å². The van der Waals surface area contributed by atoms with Crippen LogP contribution in [0.2, 0.25) is 6.04 Å². The average Bonchev–Trinajstić information content (AvgIpc) is 1.59. The van der Waals surface area contributed by atoms with E-state index in [0.717, 1.165) is 0 Å². The Morgan fingerprint density at radius 1 is 1.22 bits per heavy atom. The van der Waals surface area contributed by atoms with Gasteiger partial charge in [-0.1, -0.05) is 0 Å². The Morgan fingerprint density at radius 2 is 1.67 bits per heavy atom. The molecule has 0 saturated carbocycles. The molecule has 0 aromatic rings. The van der Waals surface area contributed by atoms with Gasteiger partial charge in [-0.2, -0.15) is 0 Å². The van der Waals surface area contributed by atoms with Crippen LogP contribution in [0, 0.1) is 0 Å². The van der Waals surface area contributed by atoms with Crippen molar-refractivity contribution < 1.29 is 12.3 Å². The first-order valence-electron chi connectivity index (χ1n) is 2.63. The van der Waals surface area contributed by atoms with E-state index in [9.17, 15) is 12.3 Å². The summed E-state index contributed by atoms with van der Waals surface area (Å²) in [5, 5.41) is 0. The molecule has 0 aliphatic carbocycles. The molecule has 5 heteroatoms. The number of hydrogen-bond donors (Lipinski definition) is 0. The summed E-state index contributed by atoms with van der Waals surface area (Å²) in [4.78, 5) is 0. The molecule has 0 saturated heterocycles. The maximum Gasteiger partial charge on any atom is 0.616 e. The van der Waals surface area contributed by atoms with Crippen molar-refractivity contribution in [3.8, 4) is 0 Å². The summed E-state index contributed by atoms with van der Waals surface area (Å²) in [5.41, 5.74) is 0. The first-order chi connectivity index (χ1) is 3.92. The van der Waals surface area contributed by atoms with Gasteiger partial charge in [0.15, 0.2) is 0 Å². The van der Waals surface area contributed by atoms with Crippen LogP contribution < -0.4 is 0 Å². The van der Waals surface area contributed by atoms with Crippen LogP contribution in [0.4, 0.5) is 12.3 Å². The highest BCUT2D eigenvalue weighted by atomic mass is 31.1. The molecule has 0 unspecified atom stereocenters. The van der Waals surface area contributed by atoms with Crippen molar-refractivity contribution in [1.82, 2.24) is 0 Å². The summed E-state index contributed by atoms with van der Waals surface area (Å²) < 4.78 is 34.7. The third kappa shape index (κ3) is 8.44. The lowest BCUT2D eigenvalue weighted by Gasteiger charge is -2.04. The summed E-state index contributed by atoms with van der Waals surface area (Å²) in [6, 6.07) is -0.480. The van der Waals surface area contributed by atoms with Crippen molar-refractivity contribution >= 4 is 17.0 Å². The summed E-state index contributed by atoms with van der Waals surface area (Å²) >= 11 is 0. The second kappa shape index (κ2) is 3.57. The molecule has 0 aromatic carbocycles. The molecule has 0 aromatic heterocycles. The fraction of sp³-hybridized carbons (Fsp3) is 1.00. The van der Waals surface area contributed by atoms with Crippen molar-refractivity contribution in [2.45, 2.75) is 6.04 Å². The summed E-state index contributed by atoms with van der Waals surface area (Å²) in [6.07, 6.45) is 0.366. The van der Waals surface area contributed by atoms with Gasteiger partial charge >= 0.3 is 9.08 Å². The van der Waals surface area contributed by atoms with E-state index < -0.39 is 15.1 Å². The molecule has 0 heterocycles. The molecule has 0 bridgehead atoms. The van der Waals surface area contributed by atoms with Gasteiger partial charge in [-0.25, -0.2) is 12.3 Å². The van der Waals surface area contributed by atoms with Gasteiger partial charge in [0.1, 0.15) is 0 Å². The van der Waals surface area contributed by atoms with Gasteiger partial charge < -0.3 is 0 Å². The van der Waals surface area contributed by atoms with Gasteiger partial charge in [0.25, 0.3) is 0 Å². The normalized spacial score (nSPS) is 12.7. The maximum absolute atomic E-state index is 11.6. The third-order valence-corrected chi connectivity index (χ3v) is 3.20. The number of halogens is 3. The van der Waals surface area contributed by atoms with Gasteiger partial charge in [0.2, 0.25) is 0 Å². The molecule has 9 heavy (non-hydrogen) atoms. The van der Waals surface area contributed by atoms with Crippen LogP contribution in [-0.2, 0) is 0 Å². The molecular formula is C4H10F3PSi. The van der Waals surface area contributed by atoms with E-state index >= 15 is 0 Å². The van der Waals surface area contributed by atoms with Crippen LogP contribution in [0.5, 0.6) is 0 Å². The maximum atomic E-state index is 11.6. The lowest BCUT2D eigenvalue weighted by Crippen LogP contribution is -2.15. The van der Waals surface area contributed by atoms with Crippen LogP contribution in [0.25, 0.3) is 0 Å².